The first kappa shape index (κ1) is 32.0. The van der Waals surface area contributed by atoms with Gasteiger partial charge in [0, 0.05) is 17.1 Å². The van der Waals surface area contributed by atoms with Crippen LogP contribution >= 0.6 is 23.2 Å². The number of hydrogen-bond acceptors (Lipinski definition) is 8. The first-order chi connectivity index (χ1) is 22.8. The number of carbonyl (C=O) groups excluding carboxylic acids is 4. The molecule has 2 aliphatic carbocycles. The van der Waals surface area contributed by atoms with Crippen molar-refractivity contribution in [3.8, 4) is 11.5 Å². The van der Waals surface area contributed by atoms with Crippen molar-refractivity contribution in [2.45, 2.75) is 30.4 Å². The lowest BCUT2D eigenvalue weighted by Crippen LogP contribution is -2.53. The van der Waals surface area contributed by atoms with Crippen LogP contribution in [0.2, 0.25) is 10.0 Å². The third-order valence-electron chi connectivity index (χ3n) is 9.94. The van der Waals surface area contributed by atoms with Gasteiger partial charge in [0.1, 0.15) is 0 Å². The number of hydrazine groups is 1. The number of hydrogen-bond donors (Lipinski definition) is 3. The molecule has 6 unspecified atom stereocenters. The van der Waals surface area contributed by atoms with Crippen molar-refractivity contribution in [2.75, 3.05) is 12.5 Å². The Morgan fingerprint density at radius 2 is 1.77 bits per heavy atom. The van der Waals surface area contributed by atoms with E-state index in [0.29, 0.717) is 39.0 Å². The maximum Gasteiger partial charge on any atom is 0.417 e. The van der Waals surface area contributed by atoms with Gasteiger partial charge in [0.05, 0.1) is 40.9 Å². The zero-order chi connectivity index (χ0) is 34.3. The maximum absolute atomic E-state index is 15.0. The number of carbonyl (C=O) groups is 4. The SMILES string of the molecule is COc1cc(C2C3=CCC4C(=O)NC(=O)C4C3CC3C(=O)N(Nc4ncc(C(F)(F)F)cc4Cl)C(=O)C32c2ccc(Cl)cc2)ccc1O. The minimum absolute atomic E-state index is 0.0149. The average molecular weight is 701 g/mol. The number of rotatable bonds is 5. The van der Waals surface area contributed by atoms with Crippen LogP contribution in [0.4, 0.5) is 19.0 Å². The van der Waals surface area contributed by atoms with E-state index in [-0.39, 0.29) is 30.2 Å². The first-order valence-corrected chi connectivity index (χ1v) is 15.6. The van der Waals surface area contributed by atoms with Crippen LogP contribution < -0.4 is 15.5 Å². The van der Waals surface area contributed by atoms with E-state index < -0.39 is 75.4 Å². The fraction of sp³-hybridized carbons (Fsp3) is 0.303. The molecule has 3 heterocycles. The fourth-order valence-corrected chi connectivity index (χ4v) is 8.28. The second-order valence-electron chi connectivity index (χ2n) is 12.2. The number of phenols is 1. The normalized spacial score (nSPS) is 28.0. The van der Waals surface area contributed by atoms with Crippen molar-refractivity contribution >= 4 is 52.6 Å². The van der Waals surface area contributed by atoms with Gasteiger partial charge in [0.2, 0.25) is 11.8 Å². The van der Waals surface area contributed by atoms with Crippen LogP contribution in [-0.2, 0) is 30.8 Å². The molecule has 7 rings (SSSR count). The number of aromatic hydroxyl groups is 1. The predicted molar refractivity (Wildman–Crippen MR) is 165 cm³/mol. The molecule has 10 nitrogen and oxygen atoms in total. The Balaban J connectivity index is 1.45. The Bertz CT molecular complexity index is 1940. The smallest absolute Gasteiger partial charge is 0.417 e. The second kappa shape index (κ2) is 11.2. The van der Waals surface area contributed by atoms with Crippen molar-refractivity contribution < 1.29 is 42.2 Å². The molecular weight excluding hydrogens is 676 g/mol. The predicted octanol–water partition coefficient (Wildman–Crippen LogP) is 5.39. The van der Waals surface area contributed by atoms with Gasteiger partial charge in [-0.2, -0.15) is 18.2 Å². The number of halogens is 5. The molecular formula is C33H25Cl2F3N4O6. The van der Waals surface area contributed by atoms with Crippen molar-refractivity contribution in [1.82, 2.24) is 15.3 Å². The lowest BCUT2D eigenvalue weighted by atomic mass is 9.49. The zero-order valence-corrected chi connectivity index (χ0v) is 26.4. The van der Waals surface area contributed by atoms with Crippen LogP contribution in [0.25, 0.3) is 0 Å². The summed E-state index contributed by atoms with van der Waals surface area (Å²) >= 11 is 12.4. The second-order valence-corrected chi connectivity index (χ2v) is 13.0. The monoisotopic (exact) mass is 700 g/mol. The molecule has 3 fully saturated rings. The zero-order valence-electron chi connectivity index (χ0n) is 24.8. The van der Waals surface area contributed by atoms with Gasteiger partial charge in [-0.25, -0.2) is 4.98 Å². The van der Waals surface area contributed by atoms with Crippen LogP contribution in [0, 0.1) is 23.7 Å². The summed E-state index contributed by atoms with van der Waals surface area (Å²) in [4.78, 5) is 59.3. The highest BCUT2D eigenvalue weighted by Gasteiger charge is 2.70. The lowest BCUT2D eigenvalue weighted by Gasteiger charge is -2.50. The van der Waals surface area contributed by atoms with E-state index in [2.05, 4.69) is 15.7 Å². The number of aromatic nitrogens is 1. The minimum atomic E-state index is -4.74. The third-order valence-corrected chi connectivity index (χ3v) is 10.5. The molecule has 4 amide bonds. The van der Waals surface area contributed by atoms with E-state index in [1.165, 1.54) is 13.2 Å². The standard InChI is InChI=1S/C33H25Cl2F3N4O6/c1-48-24-10-14(2-9-23(24)43)26-18-7-8-19-25(29(45)40-28(19)44)20(18)12-21-30(46)42(31(47)32(21,26)15-3-5-17(34)6-4-15)41-27-22(35)11-16(13-39-27)33(36,37)38/h2-7,9-11,13,19-21,25-26,43H,8,12H2,1H3,(H,39,41)(H,40,44,45). The van der Waals surface area contributed by atoms with Crippen LogP contribution in [-0.4, -0.2) is 45.8 Å². The summed E-state index contributed by atoms with van der Waals surface area (Å²) in [5, 5.41) is 13.5. The maximum atomic E-state index is 15.0. The summed E-state index contributed by atoms with van der Waals surface area (Å²) in [7, 11) is 1.36. The van der Waals surface area contributed by atoms with Gasteiger partial charge < -0.3 is 9.84 Å². The highest BCUT2D eigenvalue weighted by molar-refractivity contribution is 6.33. The third kappa shape index (κ3) is 4.66. The van der Waals surface area contributed by atoms with Gasteiger partial charge in [-0.05, 0) is 60.2 Å². The fourth-order valence-electron chi connectivity index (χ4n) is 7.94. The van der Waals surface area contributed by atoms with Gasteiger partial charge in [0.25, 0.3) is 11.8 Å². The van der Waals surface area contributed by atoms with Gasteiger partial charge in [-0.15, -0.1) is 0 Å². The molecule has 2 saturated heterocycles. The number of pyridine rings is 1. The van der Waals surface area contributed by atoms with Crippen LogP contribution in [0.5, 0.6) is 11.5 Å². The Hall–Kier alpha value is -4.62. The van der Waals surface area contributed by atoms with Crippen molar-refractivity contribution in [1.29, 1.82) is 0 Å². The molecule has 2 aromatic carbocycles. The Kier molecular flexibility index (Phi) is 7.48. The highest BCUT2D eigenvalue weighted by atomic mass is 35.5. The number of nitrogens with zero attached hydrogens (tertiary/aromatic N) is 2. The van der Waals surface area contributed by atoms with Gasteiger partial charge in [0.15, 0.2) is 17.3 Å². The number of alkyl halides is 3. The van der Waals surface area contributed by atoms with Crippen molar-refractivity contribution in [2.24, 2.45) is 23.7 Å². The summed E-state index contributed by atoms with van der Waals surface area (Å²) in [5.74, 6) is -7.06. The van der Waals surface area contributed by atoms with Gasteiger partial charge in [-0.1, -0.05) is 53.1 Å². The van der Waals surface area contributed by atoms with Gasteiger partial charge in [-0.3, -0.25) is 29.9 Å². The van der Waals surface area contributed by atoms with Crippen LogP contribution in [0.1, 0.15) is 35.4 Å². The first-order valence-electron chi connectivity index (χ1n) is 14.8. The molecule has 1 aromatic heterocycles. The molecule has 3 aromatic rings. The number of ether oxygens (including phenoxy) is 1. The molecule has 48 heavy (non-hydrogen) atoms. The molecule has 0 radical (unpaired) electrons. The Morgan fingerprint density at radius 1 is 1.04 bits per heavy atom. The average Bonchev–Trinajstić information content (AvgIpc) is 3.46. The number of imide groups is 2. The topological polar surface area (TPSA) is 138 Å². The van der Waals surface area contributed by atoms with E-state index in [0.717, 1.165) is 0 Å². The van der Waals surface area contributed by atoms with E-state index in [1.807, 2.05) is 6.08 Å². The summed E-state index contributed by atoms with van der Waals surface area (Å²) in [5.41, 5.74) is 1.26. The van der Waals surface area contributed by atoms with E-state index >= 15 is 4.79 Å². The summed E-state index contributed by atoms with van der Waals surface area (Å²) in [6.45, 7) is 0. The number of fused-ring (bicyclic) bond motifs is 4. The van der Waals surface area contributed by atoms with Gasteiger partial charge >= 0.3 is 6.18 Å². The molecule has 0 bridgehead atoms. The summed E-state index contributed by atoms with van der Waals surface area (Å²) in [6, 6.07) is 11.5. The van der Waals surface area contributed by atoms with Crippen molar-refractivity contribution in [3.63, 3.8) is 0 Å². The molecule has 248 valence electrons. The number of methoxy groups -OCH3 is 1. The van der Waals surface area contributed by atoms with Crippen molar-refractivity contribution in [3.05, 3.63) is 93.1 Å². The number of benzene rings is 2. The Morgan fingerprint density at radius 3 is 2.44 bits per heavy atom. The molecule has 2 aliphatic heterocycles. The van der Waals surface area contributed by atoms with E-state index in [4.69, 9.17) is 27.9 Å². The summed E-state index contributed by atoms with van der Waals surface area (Å²) in [6.07, 6.45) is -2.18. The molecule has 0 spiro atoms. The Labute approximate surface area is 280 Å². The van der Waals surface area contributed by atoms with Crippen LogP contribution in [0.15, 0.2) is 66.4 Å². The quantitative estimate of drug-likeness (QED) is 0.238. The van der Waals surface area contributed by atoms with E-state index in [1.54, 1.807) is 36.4 Å². The minimum Gasteiger partial charge on any atom is -0.504 e. The number of anilines is 1. The summed E-state index contributed by atoms with van der Waals surface area (Å²) < 4.78 is 45.4. The van der Waals surface area contributed by atoms with Crippen LogP contribution in [0.3, 0.4) is 0 Å². The largest absolute Gasteiger partial charge is 0.504 e. The molecule has 1 saturated carbocycles. The molecule has 15 heteroatoms. The number of allylic oxidation sites excluding steroid dienone is 2. The lowest BCUT2D eigenvalue weighted by molar-refractivity contribution is -0.139. The number of amides is 4. The molecule has 6 atom stereocenters. The number of nitrogens with one attached hydrogen (secondary N) is 2. The molecule has 3 N–H and O–H groups in total. The number of phenolic OH excluding ortho intramolecular Hbond substituents is 1. The van der Waals surface area contributed by atoms with E-state index in [9.17, 15) is 32.7 Å². The molecule has 4 aliphatic rings. The highest BCUT2D eigenvalue weighted by Crippen LogP contribution is 2.64.